The molecule has 0 aliphatic carbocycles. The fraction of sp³-hybridized carbons (Fsp3) is 0.429. The van der Waals surface area contributed by atoms with Crippen molar-refractivity contribution in [2.45, 2.75) is 26.2 Å². The van der Waals surface area contributed by atoms with E-state index in [1.807, 2.05) is 31.2 Å². The lowest BCUT2D eigenvalue weighted by atomic mass is 10.2. The minimum atomic E-state index is -0.189. The third-order valence-electron chi connectivity index (χ3n) is 3.07. The number of benzene rings is 1. The van der Waals surface area contributed by atoms with E-state index in [-0.39, 0.29) is 18.2 Å². The van der Waals surface area contributed by atoms with Crippen LogP contribution in [0.4, 0.5) is 5.69 Å². The molecule has 4 heteroatoms. The van der Waals surface area contributed by atoms with Crippen molar-refractivity contribution in [3.05, 3.63) is 29.8 Å². The predicted octanol–water partition coefficient (Wildman–Crippen LogP) is 1.49. The molecule has 0 spiro atoms. The number of nitrogens with one attached hydrogen (secondary N) is 1. The molecule has 0 bridgehead atoms. The minimum Gasteiger partial charge on any atom is -0.356 e. The number of nitrogens with zero attached hydrogens (tertiary/aromatic N) is 1. The molecule has 1 N–H and O–H groups in total. The molecule has 96 valence electrons. The fourth-order valence-electron chi connectivity index (χ4n) is 2.16. The van der Waals surface area contributed by atoms with Crippen LogP contribution in [-0.4, -0.2) is 24.9 Å². The number of carbonyl (C=O) groups excluding carboxylic acids is 2. The van der Waals surface area contributed by atoms with Crippen molar-refractivity contribution in [3.8, 4) is 0 Å². The van der Waals surface area contributed by atoms with Gasteiger partial charge in [0.05, 0.1) is 0 Å². The Bertz CT molecular complexity index is 457. The summed E-state index contributed by atoms with van der Waals surface area (Å²) in [6.07, 6.45) is 1.69. The Hall–Kier alpha value is -1.84. The van der Waals surface area contributed by atoms with Crippen molar-refractivity contribution in [2.75, 3.05) is 18.0 Å². The molecular weight excluding hydrogens is 228 g/mol. The Labute approximate surface area is 107 Å². The number of para-hydroxylation sites is 1. The maximum absolute atomic E-state index is 12.0. The standard InChI is InChI=1S/C14H18N2O2/c1-2-8-15-13(17)10-14(18)16-9-7-11-5-3-4-6-12(11)16/h3-6H,2,7-10H2,1H3,(H,15,17). The monoisotopic (exact) mass is 246 g/mol. The molecule has 4 nitrogen and oxygen atoms in total. The van der Waals surface area contributed by atoms with Crippen molar-refractivity contribution in [3.63, 3.8) is 0 Å². The van der Waals surface area contributed by atoms with Gasteiger partial charge < -0.3 is 10.2 Å². The van der Waals surface area contributed by atoms with Gasteiger partial charge in [-0.25, -0.2) is 0 Å². The first-order valence-electron chi connectivity index (χ1n) is 6.37. The predicted molar refractivity (Wildman–Crippen MR) is 70.4 cm³/mol. The Morgan fingerprint density at radius 1 is 1.33 bits per heavy atom. The van der Waals surface area contributed by atoms with Gasteiger partial charge in [-0.1, -0.05) is 25.1 Å². The second kappa shape index (κ2) is 5.67. The fourth-order valence-corrected chi connectivity index (χ4v) is 2.16. The van der Waals surface area contributed by atoms with Crippen LogP contribution in [0.1, 0.15) is 25.3 Å². The molecule has 0 atom stereocenters. The zero-order valence-corrected chi connectivity index (χ0v) is 10.6. The summed E-state index contributed by atoms with van der Waals surface area (Å²) in [6, 6.07) is 7.85. The molecule has 2 amide bonds. The first kappa shape index (κ1) is 12.6. The molecule has 0 saturated carbocycles. The van der Waals surface area contributed by atoms with Crippen LogP contribution in [-0.2, 0) is 16.0 Å². The highest BCUT2D eigenvalue weighted by Crippen LogP contribution is 2.27. The normalized spacial score (nSPS) is 13.3. The average molecular weight is 246 g/mol. The van der Waals surface area contributed by atoms with E-state index in [4.69, 9.17) is 0 Å². The van der Waals surface area contributed by atoms with E-state index in [1.165, 1.54) is 5.56 Å². The van der Waals surface area contributed by atoms with Gasteiger partial charge in [0.1, 0.15) is 6.42 Å². The van der Waals surface area contributed by atoms with Crippen LogP contribution in [0, 0.1) is 0 Å². The maximum Gasteiger partial charge on any atom is 0.236 e. The van der Waals surface area contributed by atoms with Crippen LogP contribution < -0.4 is 10.2 Å². The molecule has 0 radical (unpaired) electrons. The number of carbonyl (C=O) groups is 2. The van der Waals surface area contributed by atoms with Gasteiger partial charge in [-0.3, -0.25) is 9.59 Å². The van der Waals surface area contributed by atoms with Gasteiger partial charge in [0.25, 0.3) is 0 Å². The van der Waals surface area contributed by atoms with E-state index in [9.17, 15) is 9.59 Å². The van der Waals surface area contributed by atoms with Crippen LogP contribution in [0.2, 0.25) is 0 Å². The minimum absolute atomic E-state index is 0.0612. The highest BCUT2D eigenvalue weighted by molar-refractivity contribution is 6.05. The molecule has 1 aliphatic heterocycles. The molecule has 1 aromatic carbocycles. The van der Waals surface area contributed by atoms with Crippen LogP contribution >= 0.6 is 0 Å². The zero-order chi connectivity index (χ0) is 13.0. The van der Waals surface area contributed by atoms with E-state index in [1.54, 1.807) is 4.90 Å². The lowest BCUT2D eigenvalue weighted by Crippen LogP contribution is -2.35. The molecule has 1 aromatic rings. The van der Waals surface area contributed by atoms with Gasteiger partial charge in [0.15, 0.2) is 0 Å². The molecular formula is C14H18N2O2. The summed E-state index contributed by atoms with van der Waals surface area (Å²) in [4.78, 5) is 25.3. The molecule has 0 aromatic heterocycles. The van der Waals surface area contributed by atoms with Gasteiger partial charge in [-0.2, -0.15) is 0 Å². The van der Waals surface area contributed by atoms with E-state index in [0.29, 0.717) is 13.1 Å². The highest BCUT2D eigenvalue weighted by atomic mass is 16.2. The number of hydrogen-bond donors (Lipinski definition) is 1. The number of hydrogen-bond acceptors (Lipinski definition) is 2. The lowest BCUT2D eigenvalue weighted by molar-refractivity contribution is -0.127. The van der Waals surface area contributed by atoms with E-state index in [2.05, 4.69) is 5.32 Å². The average Bonchev–Trinajstić information content (AvgIpc) is 2.80. The summed E-state index contributed by atoms with van der Waals surface area (Å²) in [7, 11) is 0. The number of anilines is 1. The Kier molecular flexibility index (Phi) is 3.97. The second-order valence-electron chi connectivity index (χ2n) is 4.45. The van der Waals surface area contributed by atoms with Crippen molar-refractivity contribution < 1.29 is 9.59 Å². The molecule has 0 saturated heterocycles. The Morgan fingerprint density at radius 2 is 2.11 bits per heavy atom. The van der Waals surface area contributed by atoms with Gasteiger partial charge in [-0.05, 0) is 24.5 Å². The number of amides is 2. The third-order valence-corrected chi connectivity index (χ3v) is 3.07. The van der Waals surface area contributed by atoms with Crippen molar-refractivity contribution in [1.82, 2.24) is 5.32 Å². The van der Waals surface area contributed by atoms with Gasteiger partial charge in [-0.15, -0.1) is 0 Å². The van der Waals surface area contributed by atoms with E-state index >= 15 is 0 Å². The van der Waals surface area contributed by atoms with Crippen LogP contribution in [0.25, 0.3) is 0 Å². The quantitative estimate of drug-likeness (QED) is 0.818. The van der Waals surface area contributed by atoms with Crippen LogP contribution in [0.5, 0.6) is 0 Å². The molecule has 18 heavy (non-hydrogen) atoms. The van der Waals surface area contributed by atoms with Gasteiger partial charge in [0.2, 0.25) is 11.8 Å². The third kappa shape index (κ3) is 2.70. The molecule has 0 unspecified atom stereocenters. The summed E-state index contributed by atoms with van der Waals surface area (Å²) in [5, 5.41) is 2.72. The van der Waals surface area contributed by atoms with Crippen LogP contribution in [0.15, 0.2) is 24.3 Å². The summed E-state index contributed by atoms with van der Waals surface area (Å²) in [6.45, 7) is 3.29. The summed E-state index contributed by atoms with van der Waals surface area (Å²) in [5.74, 6) is -0.306. The first-order valence-corrected chi connectivity index (χ1v) is 6.37. The summed E-state index contributed by atoms with van der Waals surface area (Å²) in [5.41, 5.74) is 2.13. The Morgan fingerprint density at radius 3 is 2.89 bits per heavy atom. The zero-order valence-electron chi connectivity index (χ0n) is 10.6. The maximum atomic E-state index is 12.0. The Balaban J connectivity index is 1.97. The molecule has 1 heterocycles. The number of fused-ring (bicyclic) bond motifs is 1. The lowest BCUT2D eigenvalue weighted by Gasteiger charge is -2.16. The van der Waals surface area contributed by atoms with Crippen LogP contribution in [0.3, 0.4) is 0 Å². The second-order valence-corrected chi connectivity index (χ2v) is 4.45. The van der Waals surface area contributed by atoms with Crippen molar-refractivity contribution in [2.24, 2.45) is 0 Å². The molecule has 2 rings (SSSR count). The largest absolute Gasteiger partial charge is 0.356 e. The smallest absolute Gasteiger partial charge is 0.236 e. The van der Waals surface area contributed by atoms with Gasteiger partial charge in [0, 0.05) is 18.8 Å². The highest BCUT2D eigenvalue weighted by Gasteiger charge is 2.25. The number of rotatable bonds is 4. The summed E-state index contributed by atoms with van der Waals surface area (Å²) >= 11 is 0. The SMILES string of the molecule is CCCNC(=O)CC(=O)N1CCc2ccccc21. The van der Waals surface area contributed by atoms with Crippen molar-refractivity contribution in [1.29, 1.82) is 0 Å². The van der Waals surface area contributed by atoms with Crippen molar-refractivity contribution >= 4 is 17.5 Å². The van der Waals surface area contributed by atoms with Gasteiger partial charge >= 0.3 is 0 Å². The molecule has 0 fully saturated rings. The van der Waals surface area contributed by atoms with E-state index < -0.39 is 0 Å². The molecule has 1 aliphatic rings. The topological polar surface area (TPSA) is 49.4 Å². The summed E-state index contributed by atoms with van der Waals surface area (Å²) < 4.78 is 0. The first-order chi connectivity index (χ1) is 8.72. The van der Waals surface area contributed by atoms with E-state index in [0.717, 1.165) is 18.5 Å².